The van der Waals surface area contributed by atoms with Crippen LogP contribution in [-0.4, -0.2) is 38.9 Å². The Morgan fingerprint density at radius 3 is 2.58 bits per heavy atom. The van der Waals surface area contributed by atoms with Crippen LogP contribution in [-0.2, 0) is 14.6 Å². The van der Waals surface area contributed by atoms with Gasteiger partial charge in [-0.1, -0.05) is 13.8 Å². The molecule has 19 heavy (non-hydrogen) atoms. The van der Waals surface area contributed by atoms with Crippen LogP contribution in [0, 0.1) is 17.8 Å². The summed E-state index contributed by atoms with van der Waals surface area (Å²) in [4.78, 5) is 11.8. The largest absolute Gasteiger partial charge is 0.356 e. The van der Waals surface area contributed by atoms with Crippen molar-refractivity contribution in [3.05, 3.63) is 0 Å². The first kappa shape index (κ1) is 16.4. The van der Waals surface area contributed by atoms with Crippen LogP contribution in [0.2, 0.25) is 0 Å². The molecule has 0 radical (unpaired) electrons. The van der Waals surface area contributed by atoms with Gasteiger partial charge in [0.25, 0.3) is 0 Å². The van der Waals surface area contributed by atoms with Gasteiger partial charge in [-0.25, -0.2) is 8.42 Å². The molecule has 0 aromatic rings. The van der Waals surface area contributed by atoms with Gasteiger partial charge < -0.3 is 11.1 Å². The van der Waals surface area contributed by atoms with Gasteiger partial charge in [-0.2, -0.15) is 0 Å². The van der Waals surface area contributed by atoms with Crippen molar-refractivity contribution in [1.82, 2.24) is 5.32 Å². The third kappa shape index (κ3) is 6.38. The van der Waals surface area contributed by atoms with Gasteiger partial charge in [0.05, 0.1) is 11.5 Å². The molecule has 112 valence electrons. The second-order valence-corrected chi connectivity index (χ2v) is 8.24. The number of amides is 1. The lowest BCUT2D eigenvalue weighted by Gasteiger charge is -2.17. The molecule has 5 nitrogen and oxygen atoms in total. The van der Waals surface area contributed by atoms with Gasteiger partial charge in [-0.3, -0.25) is 4.79 Å². The van der Waals surface area contributed by atoms with Crippen molar-refractivity contribution in [2.24, 2.45) is 23.5 Å². The van der Waals surface area contributed by atoms with Gasteiger partial charge in [0.15, 0.2) is 9.84 Å². The fourth-order valence-corrected chi connectivity index (χ4v) is 4.42. The zero-order valence-corrected chi connectivity index (χ0v) is 12.7. The van der Waals surface area contributed by atoms with Crippen LogP contribution >= 0.6 is 0 Å². The lowest BCUT2D eigenvalue weighted by molar-refractivity contribution is -0.122. The SMILES string of the molecule is CC(C)C[C@H](CN)CC(=O)NCC1CCS(=O)(=O)C1. The van der Waals surface area contributed by atoms with E-state index in [1.807, 2.05) is 0 Å². The Morgan fingerprint density at radius 2 is 2.11 bits per heavy atom. The zero-order chi connectivity index (χ0) is 14.5. The number of carbonyl (C=O) groups is 1. The van der Waals surface area contributed by atoms with E-state index in [2.05, 4.69) is 19.2 Å². The molecule has 1 heterocycles. The summed E-state index contributed by atoms with van der Waals surface area (Å²) in [7, 11) is -2.86. The molecule has 1 aliphatic rings. The topological polar surface area (TPSA) is 89.3 Å². The maximum absolute atomic E-state index is 11.8. The van der Waals surface area contributed by atoms with Crippen molar-refractivity contribution in [3.63, 3.8) is 0 Å². The molecular weight excluding hydrogens is 264 g/mol. The van der Waals surface area contributed by atoms with Crippen LogP contribution in [0.4, 0.5) is 0 Å². The average molecular weight is 290 g/mol. The van der Waals surface area contributed by atoms with Gasteiger partial charge in [0, 0.05) is 13.0 Å². The first-order valence-electron chi connectivity index (χ1n) is 6.99. The normalized spacial score (nSPS) is 23.5. The molecular formula is C13H26N2O3S. The van der Waals surface area contributed by atoms with Crippen molar-refractivity contribution in [2.45, 2.75) is 33.1 Å². The number of nitrogens with two attached hydrogens (primary N) is 1. The smallest absolute Gasteiger partial charge is 0.220 e. The van der Waals surface area contributed by atoms with Crippen molar-refractivity contribution < 1.29 is 13.2 Å². The van der Waals surface area contributed by atoms with E-state index in [1.54, 1.807) is 0 Å². The van der Waals surface area contributed by atoms with E-state index < -0.39 is 9.84 Å². The molecule has 6 heteroatoms. The second kappa shape index (κ2) is 7.24. The fraction of sp³-hybridized carbons (Fsp3) is 0.923. The Morgan fingerprint density at radius 1 is 1.42 bits per heavy atom. The summed E-state index contributed by atoms with van der Waals surface area (Å²) >= 11 is 0. The minimum Gasteiger partial charge on any atom is -0.356 e. The Labute approximate surface area is 116 Å². The molecule has 0 saturated carbocycles. The average Bonchev–Trinajstić information content (AvgIpc) is 2.65. The van der Waals surface area contributed by atoms with Gasteiger partial charge in [0.2, 0.25) is 5.91 Å². The molecule has 1 aliphatic heterocycles. The van der Waals surface area contributed by atoms with Crippen LogP contribution in [0.25, 0.3) is 0 Å². The number of carbonyl (C=O) groups excluding carboxylic acids is 1. The highest BCUT2D eigenvalue weighted by Gasteiger charge is 2.28. The Hall–Kier alpha value is -0.620. The highest BCUT2D eigenvalue weighted by molar-refractivity contribution is 7.91. The molecule has 3 N–H and O–H groups in total. The number of hydrogen-bond acceptors (Lipinski definition) is 4. The first-order chi connectivity index (χ1) is 8.82. The van der Waals surface area contributed by atoms with E-state index in [-0.39, 0.29) is 29.2 Å². The predicted molar refractivity (Wildman–Crippen MR) is 76.4 cm³/mol. The van der Waals surface area contributed by atoms with Gasteiger partial charge in [-0.05, 0) is 37.1 Å². The van der Waals surface area contributed by atoms with Crippen LogP contribution in [0.5, 0.6) is 0 Å². The summed E-state index contributed by atoms with van der Waals surface area (Å²) in [5.74, 6) is 1.27. The second-order valence-electron chi connectivity index (χ2n) is 6.01. The fourth-order valence-electron chi connectivity index (χ4n) is 2.56. The van der Waals surface area contributed by atoms with Gasteiger partial charge in [0.1, 0.15) is 0 Å². The molecule has 0 aromatic heterocycles. The number of hydrogen-bond donors (Lipinski definition) is 2. The van der Waals surface area contributed by atoms with Crippen LogP contribution in [0.15, 0.2) is 0 Å². The molecule has 1 amide bonds. The molecule has 1 saturated heterocycles. The van der Waals surface area contributed by atoms with Crippen LogP contribution in [0.3, 0.4) is 0 Å². The lowest BCUT2D eigenvalue weighted by atomic mass is 9.94. The highest BCUT2D eigenvalue weighted by atomic mass is 32.2. The van der Waals surface area contributed by atoms with E-state index in [0.717, 1.165) is 6.42 Å². The minimum absolute atomic E-state index is 0.0135. The molecule has 0 aliphatic carbocycles. The molecule has 1 rings (SSSR count). The van der Waals surface area contributed by atoms with Crippen LogP contribution < -0.4 is 11.1 Å². The quantitative estimate of drug-likeness (QED) is 0.716. The summed E-state index contributed by atoms with van der Waals surface area (Å²) in [6, 6.07) is 0. The molecule has 1 unspecified atom stereocenters. The molecule has 2 atom stereocenters. The first-order valence-corrected chi connectivity index (χ1v) is 8.81. The third-order valence-corrected chi connectivity index (χ3v) is 5.36. The monoisotopic (exact) mass is 290 g/mol. The number of sulfone groups is 1. The minimum atomic E-state index is -2.86. The number of nitrogens with one attached hydrogen (secondary N) is 1. The lowest BCUT2D eigenvalue weighted by Crippen LogP contribution is -2.32. The summed E-state index contributed by atoms with van der Waals surface area (Å²) in [5.41, 5.74) is 5.66. The Bertz CT molecular complexity index is 393. The third-order valence-electron chi connectivity index (χ3n) is 3.53. The Kier molecular flexibility index (Phi) is 6.26. The highest BCUT2D eigenvalue weighted by Crippen LogP contribution is 2.18. The molecule has 0 bridgehead atoms. The van der Waals surface area contributed by atoms with Gasteiger partial charge >= 0.3 is 0 Å². The van der Waals surface area contributed by atoms with Crippen molar-refractivity contribution in [2.75, 3.05) is 24.6 Å². The van der Waals surface area contributed by atoms with E-state index in [1.165, 1.54) is 0 Å². The summed E-state index contributed by atoms with van der Waals surface area (Å²) in [5, 5.41) is 2.84. The van der Waals surface area contributed by atoms with Crippen molar-refractivity contribution in [3.8, 4) is 0 Å². The number of rotatable bonds is 7. The maximum Gasteiger partial charge on any atom is 0.220 e. The van der Waals surface area contributed by atoms with Crippen LogP contribution in [0.1, 0.15) is 33.1 Å². The predicted octanol–water partition coefficient (Wildman–Crippen LogP) is 0.548. The van der Waals surface area contributed by atoms with E-state index >= 15 is 0 Å². The van der Waals surface area contributed by atoms with Crippen molar-refractivity contribution in [1.29, 1.82) is 0 Å². The summed E-state index contributed by atoms with van der Waals surface area (Å²) in [6.45, 7) is 5.22. The standard InChI is InChI=1S/C13H26N2O3S/c1-10(2)5-12(7-14)6-13(16)15-8-11-3-4-19(17,18)9-11/h10-12H,3-9,14H2,1-2H3,(H,15,16)/t11?,12-/m0/s1. The molecule has 0 spiro atoms. The van der Waals surface area contributed by atoms with E-state index in [4.69, 9.17) is 5.73 Å². The zero-order valence-electron chi connectivity index (χ0n) is 11.9. The summed E-state index contributed by atoms with van der Waals surface area (Å²) in [6.07, 6.45) is 2.05. The molecule has 1 fully saturated rings. The summed E-state index contributed by atoms with van der Waals surface area (Å²) < 4.78 is 22.6. The van der Waals surface area contributed by atoms with Crippen molar-refractivity contribution >= 4 is 15.7 Å². The maximum atomic E-state index is 11.8. The Balaban J connectivity index is 2.27. The molecule has 0 aromatic carbocycles. The van der Waals surface area contributed by atoms with E-state index in [9.17, 15) is 13.2 Å². The van der Waals surface area contributed by atoms with Gasteiger partial charge in [-0.15, -0.1) is 0 Å². The van der Waals surface area contributed by atoms with E-state index in [0.29, 0.717) is 31.8 Å².